The molecule has 2 atom stereocenters. The average molecular weight is 416 g/mol. The molecule has 2 aliphatic rings. The minimum absolute atomic E-state index is 0.00208. The summed E-state index contributed by atoms with van der Waals surface area (Å²) in [4.78, 5) is 0. The number of nitrogens with one attached hydrogen (secondary N) is 1. The molecule has 2 heteroatoms. The van der Waals surface area contributed by atoms with E-state index in [4.69, 9.17) is 4.74 Å². The number of hydrogen-bond acceptors (Lipinski definition) is 2. The Kier molecular flexibility index (Phi) is 6.85. The van der Waals surface area contributed by atoms with Crippen LogP contribution in [0, 0.1) is 5.92 Å². The van der Waals surface area contributed by atoms with E-state index < -0.39 is 0 Å². The summed E-state index contributed by atoms with van der Waals surface area (Å²) in [6, 6.07) is 19.5. The molecule has 0 saturated heterocycles. The summed E-state index contributed by atoms with van der Waals surface area (Å²) >= 11 is 0. The molecule has 4 rings (SSSR count). The number of anilines is 1. The SMILES string of the molecule is CCC/C=C(\CCC)C1=C(c2cccc(OC)c2)C2(Nc3ccccc3)CCCC2C1. The first-order valence-corrected chi connectivity index (χ1v) is 12.1. The lowest BCUT2D eigenvalue weighted by molar-refractivity contribution is 0.414. The molecule has 0 bridgehead atoms. The highest BCUT2D eigenvalue weighted by Gasteiger charge is 2.52. The van der Waals surface area contributed by atoms with E-state index in [1.165, 1.54) is 55.3 Å². The van der Waals surface area contributed by atoms with Gasteiger partial charge in [0, 0.05) is 5.69 Å². The Morgan fingerprint density at radius 3 is 2.68 bits per heavy atom. The number of methoxy groups -OCH3 is 1. The highest BCUT2D eigenvalue weighted by molar-refractivity contribution is 5.85. The van der Waals surface area contributed by atoms with Crippen LogP contribution in [-0.4, -0.2) is 12.6 Å². The maximum absolute atomic E-state index is 5.63. The van der Waals surface area contributed by atoms with Crippen molar-refractivity contribution < 1.29 is 4.74 Å². The van der Waals surface area contributed by atoms with Crippen LogP contribution in [-0.2, 0) is 0 Å². The largest absolute Gasteiger partial charge is 0.497 e. The van der Waals surface area contributed by atoms with Gasteiger partial charge in [0.25, 0.3) is 0 Å². The molecule has 31 heavy (non-hydrogen) atoms. The molecular formula is C29H37NO. The normalized spacial score (nSPS) is 23.2. The van der Waals surface area contributed by atoms with Crippen LogP contribution >= 0.6 is 0 Å². The first-order chi connectivity index (χ1) is 15.2. The number of allylic oxidation sites excluding steroid dienone is 3. The Morgan fingerprint density at radius 2 is 1.94 bits per heavy atom. The second-order valence-electron chi connectivity index (χ2n) is 9.11. The summed E-state index contributed by atoms with van der Waals surface area (Å²) in [7, 11) is 1.77. The second kappa shape index (κ2) is 9.77. The van der Waals surface area contributed by atoms with Gasteiger partial charge in [0.1, 0.15) is 5.75 Å². The van der Waals surface area contributed by atoms with Gasteiger partial charge in [0.15, 0.2) is 0 Å². The van der Waals surface area contributed by atoms with Crippen LogP contribution in [0.3, 0.4) is 0 Å². The minimum Gasteiger partial charge on any atom is -0.497 e. The van der Waals surface area contributed by atoms with Crippen molar-refractivity contribution in [2.45, 2.75) is 70.8 Å². The summed E-state index contributed by atoms with van der Waals surface area (Å²) in [5.41, 5.74) is 7.24. The van der Waals surface area contributed by atoms with Crippen molar-refractivity contribution in [2.75, 3.05) is 12.4 Å². The molecule has 0 aliphatic heterocycles. The topological polar surface area (TPSA) is 21.3 Å². The lowest BCUT2D eigenvalue weighted by atomic mass is 9.80. The zero-order valence-electron chi connectivity index (χ0n) is 19.4. The maximum atomic E-state index is 5.63. The van der Waals surface area contributed by atoms with E-state index in [0.717, 1.165) is 18.6 Å². The summed E-state index contributed by atoms with van der Waals surface area (Å²) in [5.74, 6) is 1.58. The van der Waals surface area contributed by atoms with Gasteiger partial charge in [0.05, 0.1) is 12.6 Å². The van der Waals surface area contributed by atoms with Gasteiger partial charge in [-0.1, -0.05) is 69.5 Å². The van der Waals surface area contributed by atoms with Gasteiger partial charge in [-0.3, -0.25) is 0 Å². The summed E-state index contributed by atoms with van der Waals surface area (Å²) in [6.45, 7) is 4.58. The molecule has 2 unspecified atom stereocenters. The van der Waals surface area contributed by atoms with Crippen LogP contribution < -0.4 is 10.1 Å². The molecule has 0 amide bonds. The van der Waals surface area contributed by atoms with Crippen LogP contribution in [0.2, 0.25) is 0 Å². The van der Waals surface area contributed by atoms with Crippen molar-refractivity contribution in [2.24, 2.45) is 5.92 Å². The first-order valence-electron chi connectivity index (χ1n) is 12.1. The number of para-hydroxylation sites is 1. The zero-order valence-corrected chi connectivity index (χ0v) is 19.4. The quantitative estimate of drug-likeness (QED) is 0.447. The Balaban J connectivity index is 1.89. The van der Waals surface area contributed by atoms with E-state index in [9.17, 15) is 0 Å². The van der Waals surface area contributed by atoms with Gasteiger partial charge in [-0.15, -0.1) is 0 Å². The molecule has 2 aromatic rings. The summed E-state index contributed by atoms with van der Waals surface area (Å²) < 4.78 is 5.63. The minimum atomic E-state index is 0.00208. The van der Waals surface area contributed by atoms with Gasteiger partial charge in [-0.05, 0) is 84.6 Å². The number of rotatable bonds is 9. The van der Waals surface area contributed by atoms with E-state index in [0.29, 0.717) is 5.92 Å². The van der Waals surface area contributed by atoms with E-state index in [1.807, 2.05) is 0 Å². The smallest absolute Gasteiger partial charge is 0.119 e. The monoisotopic (exact) mass is 415 g/mol. The predicted octanol–water partition coefficient (Wildman–Crippen LogP) is 8.03. The van der Waals surface area contributed by atoms with Crippen molar-refractivity contribution in [3.63, 3.8) is 0 Å². The lowest BCUT2D eigenvalue weighted by Gasteiger charge is -2.36. The van der Waals surface area contributed by atoms with E-state index in [1.54, 1.807) is 18.3 Å². The van der Waals surface area contributed by atoms with Gasteiger partial charge >= 0.3 is 0 Å². The average Bonchev–Trinajstić information content (AvgIpc) is 3.32. The molecule has 2 aromatic carbocycles. The van der Waals surface area contributed by atoms with Gasteiger partial charge in [0.2, 0.25) is 0 Å². The molecule has 0 spiro atoms. The molecule has 164 valence electrons. The Bertz CT molecular complexity index is 942. The van der Waals surface area contributed by atoms with Gasteiger partial charge in [-0.2, -0.15) is 0 Å². The summed E-state index contributed by atoms with van der Waals surface area (Å²) in [5, 5.41) is 4.06. The molecular weight excluding hydrogens is 378 g/mol. The van der Waals surface area contributed by atoms with Crippen molar-refractivity contribution >= 4 is 11.3 Å². The van der Waals surface area contributed by atoms with E-state index in [-0.39, 0.29) is 5.54 Å². The zero-order chi connectivity index (χ0) is 21.7. The van der Waals surface area contributed by atoms with Crippen molar-refractivity contribution in [1.82, 2.24) is 0 Å². The fraction of sp³-hybridized carbons (Fsp3) is 0.448. The van der Waals surface area contributed by atoms with E-state index >= 15 is 0 Å². The Labute approximate surface area is 188 Å². The third kappa shape index (κ3) is 4.31. The number of fused-ring (bicyclic) bond motifs is 1. The number of ether oxygens (including phenoxy) is 1. The molecule has 1 saturated carbocycles. The molecule has 2 aliphatic carbocycles. The molecule has 2 nitrogen and oxygen atoms in total. The molecule has 1 N–H and O–H groups in total. The van der Waals surface area contributed by atoms with Gasteiger partial charge < -0.3 is 10.1 Å². The standard InChI is InChI=1S/C29H37NO/c1-4-6-13-22(12-5-2)27-21-24-15-11-19-29(24,30-25-16-8-7-9-17-25)28(27)23-14-10-18-26(20-23)31-3/h7-10,13-14,16-18,20,24,30H,4-6,11-12,15,19,21H2,1-3H3/b22-13+. The number of benzene rings is 2. The van der Waals surface area contributed by atoms with Crippen molar-refractivity contribution in [3.05, 3.63) is 77.4 Å². The summed E-state index contributed by atoms with van der Waals surface area (Å²) in [6.07, 6.45) is 12.2. The Hall–Kier alpha value is -2.48. The highest BCUT2D eigenvalue weighted by atomic mass is 16.5. The maximum Gasteiger partial charge on any atom is 0.119 e. The van der Waals surface area contributed by atoms with Gasteiger partial charge in [-0.25, -0.2) is 0 Å². The van der Waals surface area contributed by atoms with Crippen molar-refractivity contribution in [1.29, 1.82) is 0 Å². The first kappa shape index (κ1) is 21.7. The third-order valence-corrected chi connectivity index (χ3v) is 7.11. The molecule has 1 fully saturated rings. The molecule has 0 aromatic heterocycles. The molecule has 0 radical (unpaired) electrons. The lowest BCUT2D eigenvalue weighted by Crippen LogP contribution is -2.40. The fourth-order valence-corrected chi connectivity index (χ4v) is 5.77. The number of unbranched alkanes of at least 4 members (excludes halogenated alkanes) is 1. The Morgan fingerprint density at radius 1 is 1.10 bits per heavy atom. The highest BCUT2D eigenvalue weighted by Crippen LogP contribution is 2.57. The van der Waals surface area contributed by atoms with Crippen LogP contribution in [0.15, 0.2) is 71.8 Å². The van der Waals surface area contributed by atoms with Crippen molar-refractivity contribution in [3.8, 4) is 5.75 Å². The number of hydrogen-bond donors (Lipinski definition) is 1. The molecule has 0 heterocycles. The van der Waals surface area contributed by atoms with Crippen LogP contribution in [0.5, 0.6) is 5.75 Å². The fourth-order valence-electron chi connectivity index (χ4n) is 5.77. The van der Waals surface area contributed by atoms with Crippen LogP contribution in [0.25, 0.3) is 5.57 Å². The third-order valence-electron chi connectivity index (χ3n) is 7.11. The van der Waals surface area contributed by atoms with E-state index in [2.05, 4.69) is 79.8 Å². The van der Waals surface area contributed by atoms with Crippen LogP contribution in [0.1, 0.15) is 70.8 Å². The second-order valence-corrected chi connectivity index (χ2v) is 9.11. The van der Waals surface area contributed by atoms with Crippen LogP contribution in [0.4, 0.5) is 5.69 Å². The predicted molar refractivity (Wildman–Crippen MR) is 133 cm³/mol.